The molecular formula is C21H19ClN2O3. The molecule has 1 amide bonds. The van der Waals surface area contributed by atoms with E-state index >= 15 is 0 Å². The summed E-state index contributed by atoms with van der Waals surface area (Å²) >= 11 is 6.07. The van der Waals surface area contributed by atoms with Crippen molar-refractivity contribution in [2.45, 2.75) is 26.9 Å². The van der Waals surface area contributed by atoms with E-state index in [1.165, 1.54) is 6.92 Å². The number of amides is 1. The van der Waals surface area contributed by atoms with Crippen LogP contribution in [0.5, 0.6) is 0 Å². The Balaban J connectivity index is 1.78. The molecule has 0 saturated carbocycles. The maximum Gasteiger partial charge on any atom is 0.339 e. The summed E-state index contributed by atoms with van der Waals surface area (Å²) in [7, 11) is 0. The highest BCUT2D eigenvalue weighted by Gasteiger charge is 2.21. The summed E-state index contributed by atoms with van der Waals surface area (Å²) in [6, 6.07) is 14.2. The molecule has 0 aliphatic rings. The fourth-order valence-corrected chi connectivity index (χ4v) is 2.91. The van der Waals surface area contributed by atoms with Gasteiger partial charge in [0, 0.05) is 21.8 Å². The van der Waals surface area contributed by atoms with Crippen LogP contribution in [0, 0.1) is 13.8 Å². The minimum absolute atomic E-state index is 0.386. The standard InChI is InChI=1S/C21H19ClN2O3/c1-12-11-16(15-7-4-5-9-19(15)23-12)21(26)27-14(3)20(25)24-18-10-6-8-17(22)13(18)2/h4-11,14H,1-3H3,(H,24,25)/t14-/m0/s1. The fraction of sp³-hybridized carbons (Fsp3) is 0.190. The lowest BCUT2D eigenvalue weighted by Gasteiger charge is -2.16. The van der Waals surface area contributed by atoms with E-state index in [1.54, 1.807) is 44.2 Å². The number of para-hydroxylation sites is 1. The Morgan fingerprint density at radius 1 is 1.11 bits per heavy atom. The van der Waals surface area contributed by atoms with E-state index in [0.717, 1.165) is 5.56 Å². The minimum atomic E-state index is -0.969. The van der Waals surface area contributed by atoms with E-state index in [2.05, 4.69) is 10.3 Å². The van der Waals surface area contributed by atoms with Crippen molar-refractivity contribution in [3.63, 3.8) is 0 Å². The molecule has 1 heterocycles. The van der Waals surface area contributed by atoms with Crippen LogP contribution in [0.25, 0.3) is 10.9 Å². The maximum absolute atomic E-state index is 12.6. The Kier molecular flexibility index (Phi) is 5.42. The van der Waals surface area contributed by atoms with Crippen LogP contribution in [-0.4, -0.2) is 23.0 Å². The Bertz CT molecular complexity index is 1030. The van der Waals surface area contributed by atoms with Gasteiger partial charge in [-0.3, -0.25) is 9.78 Å². The minimum Gasteiger partial charge on any atom is -0.449 e. The normalized spacial score (nSPS) is 11.9. The van der Waals surface area contributed by atoms with Crippen LogP contribution in [0.2, 0.25) is 5.02 Å². The fourth-order valence-electron chi connectivity index (χ4n) is 2.73. The summed E-state index contributed by atoms with van der Waals surface area (Å²) in [5.41, 5.74) is 3.13. The molecule has 0 aliphatic heterocycles. The number of pyridine rings is 1. The van der Waals surface area contributed by atoms with Gasteiger partial charge in [-0.2, -0.15) is 0 Å². The first kappa shape index (κ1) is 18.9. The largest absolute Gasteiger partial charge is 0.449 e. The van der Waals surface area contributed by atoms with Gasteiger partial charge in [-0.05, 0) is 50.6 Å². The van der Waals surface area contributed by atoms with Gasteiger partial charge in [0.15, 0.2) is 6.10 Å². The first-order valence-electron chi connectivity index (χ1n) is 8.50. The Hall–Kier alpha value is -2.92. The molecule has 1 atom stereocenters. The van der Waals surface area contributed by atoms with Crippen LogP contribution < -0.4 is 5.32 Å². The lowest BCUT2D eigenvalue weighted by Crippen LogP contribution is -2.30. The van der Waals surface area contributed by atoms with Gasteiger partial charge in [0.2, 0.25) is 0 Å². The van der Waals surface area contributed by atoms with Crippen molar-refractivity contribution in [2.24, 2.45) is 0 Å². The van der Waals surface area contributed by atoms with Crippen LogP contribution in [-0.2, 0) is 9.53 Å². The van der Waals surface area contributed by atoms with Crippen LogP contribution in [0.4, 0.5) is 5.69 Å². The average Bonchev–Trinajstić information content (AvgIpc) is 2.64. The van der Waals surface area contributed by atoms with Gasteiger partial charge >= 0.3 is 5.97 Å². The Morgan fingerprint density at radius 2 is 1.85 bits per heavy atom. The van der Waals surface area contributed by atoms with Gasteiger partial charge in [0.25, 0.3) is 5.91 Å². The Labute approximate surface area is 162 Å². The molecule has 0 fully saturated rings. The molecule has 0 aliphatic carbocycles. The summed E-state index contributed by atoms with van der Waals surface area (Å²) in [5, 5.41) is 3.98. The van der Waals surface area contributed by atoms with Gasteiger partial charge in [0.05, 0.1) is 11.1 Å². The molecule has 0 bridgehead atoms. The second kappa shape index (κ2) is 7.76. The molecule has 6 heteroatoms. The lowest BCUT2D eigenvalue weighted by molar-refractivity contribution is -0.123. The van der Waals surface area contributed by atoms with E-state index < -0.39 is 18.0 Å². The number of rotatable bonds is 4. The van der Waals surface area contributed by atoms with E-state index in [4.69, 9.17) is 16.3 Å². The highest BCUT2D eigenvalue weighted by Crippen LogP contribution is 2.23. The smallest absolute Gasteiger partial charge is 0.339 e. The summed E-state index contributed by atoms with van der Waals surface area (Å²) in [6.07, 6.45) is -0.969. The second-order valence-electron chi connectivity index (χ2n) is 6.28. The zero-order valence-electron chi connectivity index (χ0n) is 15.2. The molecule has 0 saturated heterocycles. The zero-order valence-corrected chi connectivity index (χ0v) is 16.0. The van der Waals surface area contributed by atoms with E-state index in [1.807, 2.05) is 18.2 Å². The lowest BCUT2D eigenvalue weighted by atomic mass is 10.1. The molecule has 2 aromatic carbocycles. The summed E-state index contributed by atoms with van der Waals surface area (Å²) in [4.78, 5) is 29.5. The molecule has 138 valence electrons. The number of ether oxygens (including phenoxy) is 1. The van der Waals surface area contributed by atoms with Crippen molar-refractivity contribution in [3.05, 3.63) is 70.4 Å². The predicted molar refractivity (Wildman–Crippen MR) is 106 cm³/mol. The number of halogens is 1. The van der Waals surface area contributed by atoms with Crippen molar-refractivity contribution >= 4 is 40.1 Å². The molecule has 5 nitrogen and oxygen atoms in total. The maximum atomic E-state index is 12.6. The number of nitrogens with one attached hydrogen (secondary N) is 1. The molecule has 1 aromatic heterocycles. The van der Waals surface area contributed by atoms with E-state index in [9.17, 15) is 9.59 Å². The summed E-state index contributed by atoms with van der Waals surface area (Å²) in [6.45, 7) is 5.14. The quantitative estimate of drug-likeness (QED) is 0.664. The number of esters is 1. The topological polar surface area (TPSA) is 68.3 Å². The van der Waals surface area contributed by atoms with Crippen molar-refractivity contribution in [2.75, 3.05) is 5.32 Å². The highest BCUT2D eigenvalue weighted by atomic mass is 35.5. The highest BCUT2D eigenvalue weighted by molar-refractivity contribution is 6.31. The number of benzene rings is 2. The average molecular weight is 383 g/mol. The van der Waals surface area contributed by atoms with Crippen LogP contribution in [0.3, 0.4) is 0 Å². The van der Waals surface area contributed by atoms with Crippen LogP contribution >= 0.6 is 11.6 Å². The molecule has 3 rings (SSSR count). The van der Waals surface area contributed by atoms with Crippen molar-refractivity contribution in [1.29, 1.82) is 0 Å². The van der Waals surface area contributed by atoms with Gasteiger partial charge in [-0.25, -0.2) is 4.79 Å². The van der Waals surface area contributed by atoms with Gasteiger partial charge in [0.1, 0.15) is 0 Å². The van der Waals surface area contributed by atoms with E-state index in [-0.39, 0.29) is 0 Å². The third-order valence-electron chi connectivity index (χ3n) is 4.24. The number of nitrogens with zero attached hydrogens (tertiary/aromatic N) is 1. The molecule has 0 radical (unpaired) electrons. The number of aryl methyl sites for hydroxylation is 1. The van der Waals surface area contributed by atoms with Crippen molar-refractivity contribution in [1.82, 2.24) is 4.98 Å². The number of carbonyl (C=O) groups is 2. The molecule has 3 aromatic rings. The first-order valence-corrected chi connectivity index (χ1v) is 8.88. The molecule has 0 unspecified atom stereocenters. The number of hydrogen-bond donors (Lipinski definition) is 1. The SMILES string of the molecule is Cc1cc(C(=O)O[C@@H](C)C(=O)Nc2cccc(Cl)c2C)c2ccccc2n1. The molecule has 27 heavy (non-hydrogen) atoms. The number of carbonyl (C=O) groups excluding carboxylic acids is 2. The van der Waals surface area contributed by atoms with Gasteiger partial charge < -0.3 is 10.1 Å². The summed E-state index contributed by atoms with van der Waals surface area (Å²) in [5.74, 6) is -0.994. The number of aromatic nitrogens is 1. The Morgan fingerprint density at radius 3 is 2.63 bits per heavy atom. The second-order valence-corrected chi connectivity index (χ2v) is 6.68. The number of anilines is 1. The third kappa shape index (κ3) is 4.09. The van der Waals surface area contributed by atoms with E-state index in [0.29, 0.717) is 32.9 Å². The molecule has 0 spiro atoms. The summed E-state index contributed by atoms with van der Waals surface area (Å²) < 4.78 is 5.39. The molecule has 1 N–H and O–H groups in total. The van der Waals surface area contributed by atoms with Gasteiger partial charge in [-0.15, -0.1) is 0 Å². The predicted octanol–water partition coefficient (Wildman–Crippen LogP) is 4.69. The number of fused-ring (bicyclic) bond motifs is 1. The van der Waals surface area contributed by atoms with Crippen molar-refractivity contribution < 1.29 is 14.3 Å². The van der Waals surface area contributed by atoms with Crippen molar-refractivity contribution in [3.8, 4) is 0 Å². The molecular weight excluding hydrogens is 364 g/mol. The van der Waals surface area contributed by atoms with Crippen LogP contribution in [0.1, 0.15) is 28.5 Å². The third-order valence-corrected chi connectivity index (χ3v) is 4.65. The zero-order chi connectivity index (χ0) is 19.6. The van der Waals surface area contributed by atoms with Crippen LogP contribution in [0.15, 0.2) is 48.5 Å². The first-order chi connectivity index (χ1) is 12.9. The van der Waals surface area contributed by atoms with Gasteiger partial charge in [-0.1, -0.05) is 35.9 Å². The monoisotopic (exact) mass is 382 g/mol. The number of hydrogen-bond acceptors (Lipinski definition) is 4.